The molecule has 4 aromatic rings. The molecular formula is C28H24ClNO5S. The van der Waals surface area contributed by atoms with Crippen LogP contribution in [-0.2, 0) is 4.79 Å². The fourth-order valence-electron chi connectivity index (χ4n) is 4.36. The molecule has 2 N–H and O–H groups in total. The summed E-state index contributed by atoms with van der Waals surface area (Å²) in [7, 11) is 0. The summed E-state index contributed by atoms with van der Waals surface area (Å²) in [5.74, 6) is 1.26. The number of phenols is 2. The van der Waals surface area contributed by atoms with Crippen molar-refractivity contribution in [1.82, 2.24) is 4.90 Å². The lowest BCUT2D eigenvalue weighted by Gasteiger charge is -2.39. The first-order valence-corrected chi connectivity index (χ1v) is 12.9. The summed E-state index contributed by atoms with van der Waals surface area (Å²) in [5, 5.41) is 20.4. The van der Waals surface area contributed by atoms with Gasteiger partial charge < -0.3 is 19.8 Å². The molecule has 0 radical (unpaired) electrons. The minimum absolute atomic E-state index is 0.0222. The monoisotopic (exact) mass is 521 g/mol. The number of ketones is 1. The van der Waals surface area contributed by atoms with Crippen molar-refractivity contribution < 1.29 is 24.5 Å². The Morgan fingerprint density at radius 2 is 1.67 bits per heavy atom. The molecule has 1 amide bonds. The van der Waals surface area contributed by atoms with Crippen LogP contribution in [0.25, 0.3) is 20.5 Å². The molecule has 0 bridgehead atoms. The number of hydrogen-bond donors (Lipinski definition) is 2. The van der Waals surface area contributed by atoms with E-state index in [0.717, 1.165) is 40.0 Å². The quantitative estimate of drug-likeness (QED) is 0.230. The number of fused-ring (bicyclic) bond motifs is 1. The van der Waals surface area contributed by atoms with Crippen LogP contribution in [0.5, 0.6) is 17.2 Å². The van der Waals surface area contributed by atoms with Gasteiger partial charge in [-0.05, 0) is 84.6 Å². The summed E-state index contributed by atoms with van der Waals surface area (Å²) >= 11 is 7.01. The predicted octanol–water partition coefficient (Wildman–Crippen LogP) is 5.68. The lowest BCUT2D eigenvalue weighted by molar-refractivity contribution is -0.134. The van der Waals surface area contributed by atoms with E-state index in [1.807, 2.05) is 0 Å². The molecule has 1 fully saturated rings. The summed E-state index contributed by atoms with van der Waals surface area (Å²) in [5.41, 5.74) is 1.92. The van der Waals surface area contributed by atoms with Crippen LogP contribution in [0.15, 0.2) is 66.7 Å². The Balaban J connectivity index is 1.31. The lowest BCUT2D eigenvalue weighted by atomic mass is 9.97. The summed E-state index contributed by atoms with van der Waals surface area (Å²) in [6.45, 7) is 1.97. The molecule has 0 unspecified atom stereocenters. The molecule has 0 saturated carbocycles. The number of carbonyl (C=O) groups excluding carboxylic acids is 2. The molecule has 1 saturated heterocycles. The smallest absolute Gasteiger partial charge is 0.237 e. The van der Waals surface area contributed by atoms with Crippen LogP contribution in [0, 0.1) is 5.92 Å². The van der Waals surface area contributed by atoms with E-state index in [9.17, 15) is 19.8 Å². The molecule has 5 rings (SSSR count). The highest BCUT2D eigenvalue weighted by Crippen LogP contribution is 2.41. The van der Waals surface area contributed by atoms with Crippen molar-refractivity contribution in [2.75, 3.05) is 25.6 Å². The Labute approximate surface area is 217 Å². The Hall–Kier alpha value is -3.55. The number of likely N-dealkylation sites (tertiary alicyclic amines) is 1. The van der Waals surface area contributed by atoms with Crippen LogP contribution >= 0.6 is 22.9 Å². The van der Waals surface area contributed by atoms with Gasteiger partial charge in [-0.15, -0.1) is 22.9 Å². The minimum Gasteiger partial charge on any atom is -0.508 e. The van der Waals surface area contributed by atoms with E-state index in [1.54, 1.807) is 71.6 Å². The highest BCUT2D eigenvalue weighted by molar-refractivity contribution is 7.22. The lowest BCUT2D eigenvalue weighted by Crippen LogP contribution is -2.50. The predicted molar refractivity (Wildman–Crippen MR) is 141 cm³/mol. The van der Waals surface area contributed by atoms with Crippen LogP contribution < -0.4 is 4.74 Å². The number of benzene rings is 3. The summed E-state index contributed by atoms with van der Waals surface area (Å²) in [6.07, 6.45) is 0.844. The number of phenolic OH excluding ortho intramolecular Hbond substituents is 2. The van der Waals surface area contributed by atoms with E-state index in [1.165, 1.54) is 11.3 Å². The molecule has 184 valence electrons. The molecule has 1 aliphatic heterocycles. The Morgan fingerprint density at radius 1 is 0.972 bits per heavy atom. The second-order valence-corrected chi connectivity index (χ2v) is 10.1. The highest BCUT2D eigenvalue weighted by Gasteiger charge is 2.29. The first-order chi connectivity index (χ1) is 17.4. The maximum absolute atomic E-state index is 13.7. The maximum atomic E-state index is 13.7. The number of amides is 1. The molecule has 0 aliphatic carbocycles. The third-order valence-corrected chi connectivity index (χ3v) is 7.80. The molecule has 0 atom stereocenters. The van der Waals surface area contributed by atoms with Gasteiger partial charge in [0.15, 0.2) is 5.78 Å². The Bertz CT molecular complexity index is 1410. The number of rotatable bonds is 8. The van der Waals surface area contributed by atoms with Crippen molar-refractivity contribution in [1.29, 1.82) is 0 Å². The van der Waals surface area contributed by atoms with Gasteiger partial charge in [0, 0.05) is 39.2 Å². The molecule has 6 nitrogen and oxygen atoms in total. The van der Waals surface area contributed by atoms with Gasteiger partial charge in [-0.25, -0.2) is 0 Å². The Morgan fingerprint density at radius 3 is 2.36 bits per heavy atom. The van der Waals surface area contributed by atoms with Crippen molar-refractivity contribution in [3.05, 3.63) is 77.9 Å². The fourth-order valence-corrected chi connectivity index (χ4v) is 5.77. The zero-order valence-electron chi connectivity index (χ0n) is 19.3. The Kier molecular flexibility index (Phi) is 6.85. The van der Waals surface area contributed by atoms with Crippen molar-refractivity contribution >= 4 is 44.7 Å². The average molecular weight is 522 g/mol. The SMILES string of the molecule is O=C(c1ccc(OCCC2CN(C(=O)CCl)C2)cc1)c1c(-c2ccc(O)cc2)sc2cc(O)ccc12. The van der Waals surface area contributed by atoms with Gasteiger partial charge >= 0.3 is 0 Å². The number of carbonyl (C=O) groups is 2. The van der Waals surface area contributed by atoms with Crippen LogP contribution in [0.3, 0.4) is 0 Å². The zero-order chi connectivity index (χ0) is 25.2. The molecule has 1 aliphatic rings. The number of aromatic hydroxyl groups is 2. The van der Waals surface area contributed by atoms with Crippen molar-refractivity contribution in [2.24, 2.45) is 5.92 Å². The molecule has 3 aromatic carbocycles. The van der Waals surface area contributed by atoms with E-state index in [0.29, 0.717) is 29.4 Å². The molecule has 0 spiro atoms. The number of ether oxygens (including phenoxy) is 1. The summed E-state index contributed by atoms with van der Waals surface area (Å²) < 4.78 is 6.67. The number of alkyl halides is 1. The molecule has 1 aromatic heterocycles. The van der Waals surface area contributed by atoms with Crippen LogP contribution in [0.4, 0.5) is 0 Å². The zero-order valence-corrected chi connectivity index (χ0v) is 20.9. The van der Waals surface area contributed by atoms with Crippen molar-refractivity contribution in [3.63, 3.8) is 0 Å². The van der Waals surface area contributed by atoms with Crippen LogP contribution in [0.2, 0.25) is 0 Å². The van der Waals surface area contributed by atoms with Crippen molar-refractivity contribution in [2.45, 2.75) is 6.42 Å². The molecule has 36 heavy (non-hydrogen) atoms. The van der Waals surface area contributed by atoms with Gasteiger partial charge in [-0.3, -0.25) is 9.59 Å². The number of hydrogen-bond acceptors (Lipinski definition) is 6. The van der Waals surface area contributed by atoms with Crippen molar-refractivity contribution in [3.8, 4) is 27.7 Å². The second kappa shape index (κ2) is 10.2. The normalized spacial score (nSPS) is 13.5. The minimum atomic E-state index is -0.125. The van der Waals surface area contributed by atoms with Gasteiger partial charge in [0.05, 0.1) is 6.61 Å². The molecule has 2 heterocycles. The van der Waals surface area contributed by atoms with Crippen LogP contribution in [-0.4, -0.2) is 52.4 Å². The first-order valence-electron chi connectivity index (χ1n) is 11.6. The maximum Gasteiger partial charge on any atom is 0.237 e. The number of halogens is 1. The van der Waals surface area contributed by atoms with E-state index in [2.05, 4.69) is 0 Å². The first kappa shape index (κ1) is 24.2. The molecule has 8 heteroatoms. The van der Waals surface area contributed by atoms with E-state index >= 15 is 0 Å². The number of nitrogens with zero attached hydrogens (tertiary/aromatic N) is 1. The van der Waals surface area contributed by atoms with Gasteiger partial charge in [0.2, 0.25) is 5.91 Å². The fraction of sp³-hybridized carbons (Fsp3) is 0.214. The van der Waals surface area contributed by atoms with Gasteiger partial charge in [0.1, 0.15) is 23.1 Å². The van der Waals surface area contributed by atoms with Crippen LogP contribution in [0.1, 0.15) is 22.3 Å². The average Bonchev–Trinajstić information content (AvgIpc) is 3.23. The third-order valence-electron chi connectivity index (χ3n) is 6.37. The van der Waals surface area contributed by atoms with Gasteiger partial charge in [0.25, 0.3) is 0 Å². The second-order valence-electron chi connectivity index (χ2n) is 8.82. The van der Waals surface area contributed by atoms with E-state index in [4.69, 9.17) is 16.3 Å². The standard InChI is InChI=1S/C28H24ClNO5S/c29-14-25(33)30-15-17(16-30)11-12-35-22-8-3-18(4-9-22)27(34)26-23-10-7-21(32)13-24(23)36-28(26)19-1-5-20(31)6-2-19/h1-10,13,17,31-32H,11-12,14-16H2. The number of thiophene rings is 1. The van der Waals surface area contributed by atoms with E-state index < -0.39 is 0 Å². The van der Waals surface area contributed by atoms with Gasteiger partial charge in [-0.2, -0.15) is 0 Å². The molecular weight excluding hydrogens is 498 g/mol. The highest BCUT2D eigenvalue weighted by atomic mass is 35.5. The summed E-state index contributed by atoms with van der Waals surface area (Å²) in [6, 6.07) is 18.8. The third kappa shape index (κ3) is 4.90. The van der Waals surface area contributed by atoms with E-state index in [-0.39, 0.29) is 29.1 Å². The van der Waals surface area contributed by atoms with Gasteiger partial charge in [-0.1, -0.05) is 0 Å². The largest absolute Gasteiger partial charge is 0.508 e. The summed E-state index contributed by atoms with van der Waals surface area (Å²) in [4.78, 5) is 27.7. The topological polar surface area (TPSA) is 87.1 Å².